The van der Waals surface area contributed by atoms with E-state index in [9.17, 15) is 0 Å². The third-order valence-corrected chi connectivity index (χ3v) is 11.5. The molecule has 288 valence electrons. The highest BCUT2D eigenvalue weighted by molar-refractivity contribution is 5.88. The summed E-state index contributed by atoms with van der Waals surface area (Å²) in [7, 11) is 0. The zero-order valence-corrected chi connectivity index (χ0v) is 34.5. The van der Waals surface area contributed by atoms with Gasteiger partial charge in [0, 0.05) is 16.7 Å². The molecule has 0 bridgehead atoms. The first-order valence-corrected chi connectivity index (χ1v) is 20.3. The van der Waals surface area contributed by atoms with Crippen LogP contribution in [0.3, 0.4) is 0 Å². The molecule has 3 heterocycles. The molecule has 7 aromatic carbocycles. The van der Waals surface area contributed by atoms with Gasteiger partial charge in [0.25, 0.3) is 0 Å². The van der Waals surface area contributed by atoms with E-state index in [-0.39, 0.29) is 0 Å². The number of hydrogen-bond donors (Lipinski definition) is 0. The topological polar surface area (TPSA) is 77.3 Å². The second-order valence-corrected chi connectivity index (χ2v) is 16.1. The van der Waals surface area contributed by atoms with Gasteiger partial charge < -0.3 is 0 Å². The number of nitrogens with zero attached hydrogens (tertiary/aromatic N) is 6. The third-order valence-electron chi connectivity index (χ3n) is 11.5. The van der Waals surface area contributed by atoms with Gasteiger partial charge in [0.2, 0.25) is 0 Å². The fourth-order valence-corrected chi connectivity index (χ4v) is 8.44. The van der Waals surface area contributed by atoms with Gasteiger partial charge in [0.1, 0.15) is 0 Å². The molecule has 0 aliphatic rings. The zero-order valence-electron chi connectivity index (χ0n) is 34.5. The number of aromatic nitrogens is 6. The summed E-state index contributed by atoms with van der Waals surface area (Å²) >= 11 is 0. The smallest absolute Gasteiger partial charge is 0.0894 e. The highest BCUT2D eigenvalue weighted by atomic mass is 14.8. The maximum atomic E-state index is 5.15. The van der Waals surface area contributed by atoms with Crippen molar-refractivity contribution in [3.63, 3.8) is 0 Å². The van der Waals surface area contributed by atoms with E-state index in [2.05, 4.69) is 169 Å². The summed E-state index contributed by atoms with van der Waals surface area (Å²) in [6.07, 6.45) is 5.58. The van der Waals surface area contributed by atoms with Crippen molar-refractivity contribution >= 4 is 33.1 Å². The number of benzene rings is 7. The molecule has 0 fully saturated rings. The summed E-state index contributed by atoms with van der Waals surface area (Å²) in [6, 6.07) is 44.9. The quantitative estimate of drug-likeness (QED) is 0.167. The summed E-state index contributed by atoms with van der Waals surface area (Å²) < 4.78 is 0. The molecule has 0 N–H and O–H groups in total. The number of rotatable bonds is 6. The van der Waals surface area contributed by atoms with E-state index >= 15 is 0 Å². The van der Waals surface area contributed by atoms with Crippen molar-refractivity contribution in [3.05, 3.63) is 179 Å². The van der Waals surface area contributed by atoms with Crippen molar-refractivity contribution < 1.29 is 0 Å². The molecule has 0 aliphatic carbocycles. The van der Waals surface area contributed by atoms with Crippen LogP contribution in [0.5, 0.6) is 0 Å². The van der Waals surface area contributed by atoms with E-state index in [1.165, 1.54) is 50.1 Å². The Kier molecular flexibility index (Phi) is 9.06. The normalized spacial score (nSPS) is 11.5. The molecule has 0 atom stereocenters. The number of fused-ring (bicyclic) bond motifs is 3. The van der Waals surface area contributed by atoms with Crippen LogP contribution in [0.4, 0.5) is 0 Å². The average molecular weight is 775 g/mol. The maximum Gasteiger partial charge on any atom is 0.0894 e. The molecule has 6 heteroatoms. The highest BCUT2D eigenvalue weighted by Gasteiger charge is 2.15. The van der Waals surface area contributed by atoms with Crippen LogP contribution in [0.25, 0.3) is 100 Å². The second kappa shape index (κ2) is 14.7. The van der Waals surface area contributed by atoms with Gasteiger partial charge in [-0.15, -0.1) is 0 Å². The molecule has 10 aromatic rings. The van der Waals surface area contributed by atoms with Crippen LogP contribution in [0.2, 0.25) is 0 Å². The SMILES string of the molecule is Cc1ccc(-c2ccc3nc(-c4cc(-c5cnc6cc(-c7ccc(C)cc7C)ccc6n5)cc(-c5cnc6cc(-c7ccc(C)cc7C)ccc6n5)c4)cnc3c2)c(C)c1. The minimum atomic E-state index is 0.753. The van der Waals surface area contributed by atoms with Crippen LogP contribution in [-0.2, 0) is 0 Å². The van der Waals surface area contributed by atoms with Crippen LogP contribution >= 0.6 is 0 Å². The molecule has 0 radical (unpaired) electrons. The van der Waals surface area contributed by atoms with Gasteiger partial charge in [-0.3, -0.25) is 15.0 Å². The standard InChI is InChI=1S/C54H42N6/c1-31-7-13-43(34(4)19-31)37-10-16-46-49(25-37)55-28-52(58-46)40-22-41(53-29-56-50-26-38(11-17-47(50)59-53)44-14-8-32(2)20-35(44)5)24-42(23-40)54-30-57-51-27-39(12-18-48(51)60-54)45-15-9-33(3)21-36(45)6/h7-30H,1-6H3. The van der Waals surface area contributed by atoms with E-state index in [4.69, 9.17) is 29.9 Å². The van der Waals surface area contributed by atoms with E-state index < -0.39 is 0 Å². The summed E-state index contributed by atoms with van der Waals surface area (Å²) in [5.41, 5.74) is 24.4. The Balaban J connectivity index is 1.07. The first-order chi connectivity index (χ1) is 29.1. The number of aryl methyl sites for hydroxylation is 6. The van der Waals surface area contributed by atoms with Gasteiger partial charge in [-0.25, -0.2) is 15.0 Å². The van der Waals surface area contributed by atoms with Crippen LogP contribution < -0.4 is 0 Å². The molecule has 0 saturated heterocycles. The fourth-order valence-electron chi connectivity index (χ4n) is 8.44. The fraction of sp³-hybridized carbons (Fsp3) is 0.111. The summed E-state index contributed by atoms with van der Waals surface area (Å²) in [4.78, 5) is 30.3. The number of hydrogen-bond acceptors (Lipinski definition) is 6. The first-order valence-electron chi connectivity index (χ1n) is 20.3. The molecule has 0 amide bonds. The minimum absolute atomic E-state index is 0.753. The van der Waals surface area contributed by atoms with Gasteiger partial charge in [-0.05, 0) is 146 Å². The second-order valence-electron chi connectivity index (χ2n) is 16.1. The molecule has 60 heavy (non-hydrogen) atoms. The molecule has 0 unspecified atom stereocenters. The van der Waals surface area contributed by atoms with Crippen molar-refractivity contribution in [1.82, 2.24) is 29.9 Å². The Morgan fingerprint density at radius 1 is 0.267 bits per heavy atom. The first kappa shape index (κ1) is 36.9. The van der Waals surface area contributed by atoms with Gasteiger partial charge >= 0.3 is 0 Å². The van der Waals surface area contributed by atoms with Crippen LogP contribution in [0, 0.1) is 41.5 Å². The van der Waals surface area contributed by atoms with Crippen molar-refractivity contribution in [2.75, 3.05) is 0 Å². The molecule has 0 spiro atoms. The van der Waals surface area contributed by atoms with Crippen molar-refractivity contribution in [1.29, 1.82) is 0 Å². The lowest BCUT2D eigenvalue weighted by Crippen LogP contribution is -1.95. The zero-order chi connectivity index (χ0) is 41.1. The predicted octanol–water partition coefficient (Wildman–Crippen LogP) is 13.4. The molecule has 0 saturated carbocycles. The Morgan fingerprint density at radius 3 is 0.850 bits per heavy atom. The highest BCUT2D eigenvalue weighted by Crippen LogP contribution is 2.35. The molecular weight excluding hydrogens is 733 g/mol. The summed E-state index contributed by atoms with van der Waals surface area (Å²) in [5.74, 6) is 0. The van der Waals surface area contributed by atoms with Crippen LogP contribution in [0.15, 0.2) is 146 Å². The monoisotopic (exact) mass is 774 g/mol. The lowest BCUT2D eigenvalue weighted by Gasteiger charge is -2.12. The largest absolute Gasteiger partial charge is 0.252 e. The predicted molar refractivity (Wildman–Crippen MR) is 247 cm³/mol. The Morgan fingerprint density at radius 2 is 0.567 bits per heavy atom. The van der Waals surface area contributed by atoms with Crippen molar-refractivity contribution in [2.24, 2.45) is 0 Å². The molecule has 6 nitrogen and oxygen atoms in total. The summed E-state index contributed by atoms with van der Waals surface area (Å²) in [5, 5.41) is 0. The van der Waals surface area contributed by atoms with Crippen molar-refractivity contribution in [3.8, 4) is 67.2 Å². The van der Waals surface area contributed by atoms with Crippen LogP contribution in [-0.4, -0.2) is 29.9 Å². The lowest BCUT2D eigenvalue weighted by molar-refractivity contribution is 1.27. The molecule has 0 aliphatic heterocycles. The molecule has 3 aromatic heterocycles. The Hall–Kier alpha value is -7.44. The van der Waals surface area contributed by atoms with E-state index in [1.807, 2.05) is 18.6 Å². The summed E-state index contributed by atoms with van der Waals surface area (Å²) in [6.45, 7) is 12.8. The molecular formula is C54H42N6. The maximum absolute atomic E-state index is 5.15. The van der Waals surface area contributed by atoms with Crippen LogP contribution in [0.1, 0.15) is 33.4 Å². The van der Waals surface area contributed by atoms with Gasteiger partial charge in [-0.2, -0.15) is 0 Å². The minimum Gasteiger partial charge on any atom is -0.252 e. The molecule has 10 rings (SSSR count). The third kappa shape index (κ3) is 6.96. The Labute approximate surface area is 349 Å². The lowest BCUT2D eigenvalue weighted by atomic mass is 9.97. The van der Waals surface area contributed by atoms with Gasteiger partial charge in [0.05, 0.1) is 68.8 Å². The van der Waals surface area contributed by atoms with E-state index in [0.717, 1.165) is 83.6 Å². The van der Waals surface area contributed by atoms with E-state index in [0.29, 0.717) is 0 Å². The van der Waals surface area contributed by atoms with Crippen molar-refractivity contribution in [2.45, 2.75) is 41.5 Å². The average Bonchev–Trinajstić information content (AvgIpc) is 3.25. The van der Waals surface area contributed by atoms with Gasteiger partial charge in [0.15, 0.2) is 0 Å². The van der Waals surface area contributed by atoms with Gasteiger partial charge in [-0.1, -0.05) is 89.5 Å². The van der Waals surface area contributed by atoms with E-state index in [1.54, 1.807) is 0 Å². The Bertz CT molecular complexity index is 2980.